The Morgan fingerprint density at radius 1 is 1.23 bits per heavy atom. The Balaban J connectivity index is 1.73. The number of fused-ring (bicyclic) bond motifs is 1. The molecule has 1 N–H and O–H groups in total. The van der Waals surface area contributed by atoms with Gasteiger partial charge in [0, 0.05) is 6.54 Å². The van der Waals surface area contributed by atoms with Crippen LogP contribution in [0.5, 0.6) is 11.5 Å². The zero-order valence-electron chi connectivity index (χ0n) is 12.2. The number of nitrogens with one attached hydrogen (secondary N) is 1. The van der Waals surface area contributed by atoms with E-state index in [2.05, 4.69) is 5.32 Å². The van der Waals surface area contributed by atoms with Gasteiger partial charge in [0.05, 0.1) is 10.6 Å². The second kappa shape index (κ2) is 6.28. The van der Waals surface area contributed by atoms with Gasteiger partial charge in [-0.05, 0) is 35.7 Å². The third-order valence-corrected chi connectivity index (χ3v) is 3.91. The molecule has 0 radical (unpaired) electrons. The van der Waals surface area contributed by atoms with Crippen molar-refractivity contribution in [1.29, 1.82) is 0 Å². The smallest absolute Gasteiger partial charge is 0.253 e. The molecule has 0 atom stereocenters. The molecule has 22 heavy (non-hydrogen) atoms. The first-order valence-electron chi connectivity index (χ1n) is 7.13. The summed E-state index contributed by atoms with van der Waals surface area (Å²) in [7, 11) is 0. The molecule has 114 valence electrons. The second-order valence-corrected chi connectivity index (χ2v) is 5.41. The minimum atomic E-state index is -0.167. The van der Waals surface area contributed by atoms with Gasteiger partial charge in [-0.3, -0.25) is 4.79 Å². The standard InChI is InChI=1S/C17H16ClNO3/c1-2-12-4-3-5-13(18)16(12)17(20)19-9-11-6-7-14-15(8-11)22-10-21-14/h3-8H,2,9-10H2,1H3,(H,19,20). The highest BCUT2D eigenvalue weighted by atomic mass is 35.5. The van der Waals surface area contributed by atoms with Gasteiger partial charge in [0.1, 0.15) is 0 Å². The van der Waals surface area contributed by atoms with Crippen LogP contribution in [-0.2, 0) is 13.0 Å². The first kappa shape index (κ1) is 14.7. The SMILES string of the molecule is CCc1cccc(Cl)c1C(=O)NCc1ccc2c(c1)OCO2. The Hall–Kier alpha value is -2.20. The Morgan fingerprint density at radius 2 is 2.05 bits per heavy atom. The molecule has 2 aromatic rings. The molecule has 0 saturated carbocycles. The minimum Gasteiger partial charge on any atom is -0.454 e. The quantitative estimate of drug-likeness (QED) is 0.938. The maximum atomic E-state index is 12.4. The van der Waals surface area contributed by atoms with Gasteiger partial charge in [-0.2, -0.15) is 0 Å². The monoisotopic (exact) mass is 317 g/mol. The average Bonchev–Trinajstić information content (AvgIpc) is 2.99. The first-order valence-corrected chi connectivity index (χ1v) is 7.51. The molecule has 0 saturated heterocycles. The molecule has 0 unspecified atom stereocenters. The van der Waals surface area contributed by atoms with Crippen molar-refractivity contribution in [1.82, 2.24) is 5.32 Å². The molecule has 0 bridgehead atoms. The molecule has 1 aliphatic rings. The summed E-state index contributed by atoms with van der Waals surface area (Å²) < 4.78 is 10.6. The number of carbonyl (C=O) groups is 1. The molecule has 2 aromatic carbocycles. The zero-order chi connectivity index (χ0) is 15.5. The highest BCUT2D eigenvalue weighted by Gasteiger charge is 2.16. The number of halogens is 1. The number of carbonyl (C=O) groups excluding carboxylic acids is 1. The van der Waals surface area contributed by atoms with Gasteiger partial charge in [-0.1, -0.05) is 36.7 Å². The van der Waals surface area contributed by atoms with Crippen molar-refractivity contribution >= 4 is 17.5 Å². The summed E-state index contributed by atoms with van der Waals surface area (Å²) in [4.78, 5) is 12.4. The van der Waals surface area contributed by atoms with E-state index in [4.69, 9.17) is 21.1 Å². The molecule has 3 rings (SSSR count). The van der Waals surface area contributed by atoms with Crippen LogP contribution in [0.25, 0.3) is 0 Å². The number of benzene rings is 2. The van der Waals surface area contributed by atoms with Crippen LogP contribution in [0.4, 0.5) is 0 Å². The van der Waals surface area contributed by atoms with Gasteiger partial charge in [0.15, 0.2) is 11.5 Å². The Morgan fingerprint density at radius 3 is 2.86 bits per heavy atom. The van der Waals surface area contributed by atoms with E-state index in [0.29, 0.717) is 22.9 Å². The summed E-state index contributed by atoms with van der Waals surface area (Å²) in [6, 6.07) is 11.1. The number of rotatable bonds is 4. The Labute approximate surface area is 134 Å². The fraction of sp³-hybridized carbons (Fsp3) is 0.235. The predicted molar refractivity (Wildman–Crippen MR) is 84.6 cm³/mol. The lowest BCUT2D eigenvalue weighted by molar-refractivity contribution is 0.0950. The molecule has 0 aliphatic carbocycles. The van der Waals surface area contributed by atoms with Crippen molar-refractivity contribution in [2.24, 2.45) is 0 Å². The first-order chi connectivity index (χ1) is 10.7. The van der Waals surface area contributed by atoms with Crippen molar-refractivity contribution < 1.29 is 14.3 Å². The van der Waals surface area contributed by atoms with Gasteiger partial charge in [-0.15, -0.1) is 0 Å². The molecule has 1 heterocycles. The molecule has 1 amide bonds. The molecular weight excluding hydrogens is 302 g/mol. The van der Waals surface area contributed by atoms with Crippen molar-refractivity contribution in [3.05, 3.63) is 58.1 Å². The van der Waals surface area contributed by atoms with E-state index in [0.717, 1.165) is 23.3 Å². The van der Waals surface area contributed by atoms with Gasteiger partial charge in [0.2, 0.25) is 6.79 Å². The molecule has 1 aliphatic heterocycles. The van der Waals surface area contributed by atoms with E-state index < -0.39 is 0 Å². The van der Waals surface area contributed by atoms with Crippen molar-refractivity contribution in [2.45, 2.75) is 19.9 Å². The van der Waals surface area contributed by atoms with Crippen LogP contribution in [0.3, 0.4) is 0 Å². The summed E-state index contributed by atoms with van der Waals surface area (Å²) in [6.45, 7) is 2.65. The van der Waals surface area contributed by atoms with Crippen molar-refractivity contribution in [3.8, 4) is 11.5 Å². The van der Waals surface area contributed by atoms with E-state index >= 15 is 0 Å². The largest absolute Gasteiger partial charge is 0.454 e. The van der Waals surface area contributed by atoms with E-state index in [1.54, 1.807) is 6.07 Å². The van der Waals surface area contributed by atoms with E-state index in [9.17, 15) is 4.79 Å². The van der Waals surface area contributed by atoms with Crippen LogP contribution in [0.15, 0.2) is 36.4 Å². The molecular formula is C17H16ClNO3. The van der Waals surface area contributed by atoms with Gasteiger partial charge >= 0.3 is 0 Å². The topological polar surface area (TPSA) is 47.6 Å². The van der Waals surface area contributed by atoms with Gasteiger partial charge in [-0.25, -0.2) is 0 Å². The number of amides is 1. The second-order valence-electron chi connectivity index (χ2n) is 5.00. The third kappa shape index (κ3) is 2.88. The minimum absolute atomic E-state index is 0.167. The summed E-state index contributed by atoms with van der Waals surface area (Å²) in [5, 5.41) is 3.38. The highest BCUT2D eigenvalue weighted by molar-refractivity contribution is 6.34. The van der Waals surface area contributed by atoms with Crippen LogP contribution in [0.2, 0.25) is 5.02 Å². The third-order valence-electron chi connectivity index (χ3n) is 3.60. The lowest BCUT2D eigenvalue weighted by Crippen LogP contribution is -2.24. The summed E-state index contributed by atoms with van der Waals surface area (Å²) in [5.41, 5.74) is 2.44. The fourth-order valence-corrected chi connectivity index (χ4v) is 2.72. The summed E-state index contributed by atoms with van der Waals surface area (Å²) in [5.74, 6) is 1.27. The summed E-state index contributed by atoms with van der Waals surface area (Å²) >= 11 is 6.16. The number of ether oxygens (including phenoxy) is 2. The van der Waals surface area contributed by atoms with Gasteiger partial charge < -0.3 is 14.8 Å². The van der Waals surface area contributed by atoms with E-state index in [-0.39, 0.29) is 12.7 Å². The van der Waals surface area contributed by atoms with Crippen LogP contribution < -0.4 is 14.8 Å². The van der Waals surface area contributed by atoms with Crippen LogP contribution in [0, 0.1) is 0 Å². The van der Waals surface area contributed by atoms with Crippen molar-refractivity contribution in [2.75, 3.05) is 6.79 Å². The lowest BCUT2D eigenvalue weighted by atomic mass is 10.0. The summed E-state index contributed by atoms with van der Waals surface area (Å²) in [6.07, 6.45) is 0.757. The molecule has 0 fully saturated rings. The number of hydrogen-bond acceptors (Lipinski definition) is 3. The number of aryl methyl sites for hydroxylation is 1. The van der Waals surface area contributed by atoms with Crippen molar-refractivity contribution in [3.63, 3.8) is 0 Å². The average molecular weight is 318 g/mol. The maximum Gasteiger partial charge on any atom is 0.253 e. The van der Waals surface area contributed by atoms with Crippen LogP contribution in [0.1, 0.15) is 28.4 Å². The van der Waals surface area contributed by atoms with E-state index in [1.165, 1.54) is 0 Å². The van der Waals surface area contributed by atoms with Gasteiger partial charge in [0.25, 0.3) is 5.91 Å². The maximum absolute atomic E-state index is 12.4. The fourth-order valence-electron chi connectivity index (χ4n) is 2.44. The van der Waals surface area contributed by atoms with Crippen LogP contribution >= 0.6 is 11.6 Å². The molecule has 4 nitrogen and oxygen atoms in total. The highest BCUT2D eigenvalue weighted by Crippen LogP contribution is 2.32. The van der Waals surface area contributed by atoms with E-state index in [1.807, 2.05) is 37.3 Å². The zero-order valence-corrected chi connectivity index (χ0v) is 12.9. The Bertz CT molecular complexity index is 715. The lowest BCUT2D eigenvalue weighted by Gasteiger charge is -2.11. The molecule has 0 spiro atoms. The van der Waals surface area contributed by atoms with Crippen LogP contribution in [-0.4, -0.2) is 12.7 Å². The molecule has 5 heteroatoms. The molecule has 0 aromatic heterocycles. The number of hydrogen-bond donors (Lipinski definition) is 1. The predicted octanol–water partition coefficient (Wildman–Crippen LogP) is 3.56. The Kier molecular flexibility index (Phi) is 4.20. The normalized spacial score (nSPS) is 12.3.